The quantitative estimate of drug-likeness (QED) is 0.546. The lowest BCUT2D eigenvalue weighted by atomic mass is 9.88. The fourth-order valence-electron chi connectivity index (χ4n) is 3.56. The van der Waals surface area contributed by atoms with Gasteiger partial charge in [0.2, 0.25) is 5.43 Å². The second-order valence-corrected chi connectivity index (χ2v) is 7.84. The number of amides is 1. The number of rotatable bonds is 8. The van der Waals surface area contributed by atoms with Crippen LogP contribution in [0.2, 0.25) is 0 Å². The lowest BCUT2D eigenvalue weighted by Gasteiger charge is -2.26. The minimum absolute atomic E-state index is 0.111. The van der Waals surface area contributed by atoms with Crippen molar-refractivity contribution in [2.24, 2.45) is 0 Å². The Kier molecular flexibility index (Phi) is 7.36. The van der Waals surface area contributed by atoms with Crippen LogP contribution in [0.15, 0.2) is 65.6 Å². The maximum absolute atomic E-state index is 13.0. The molecule has 156 valence electrons. The molecule has 0 saturated heterocycles. The van der Waals surface area contributed by atoms with Crippen LogP contribution in [0.5, 0.6) is 5.75 Å². The van der Waals surface area contributed by atoms with Crippen LogP contribution < -0.4 is 10.7 Å². The zero-order valence-corrected chi connectivity index (χ0v) is 18.1. The van der Waals surface area contributed by atoms with E-state index in [0.717, 1.165) is 17.9 Å². The Bertz CT molecular complexity index is 1050. The van der Waals surface area contributed by atoms with Crippen molar-refractivity contribution in [1.29, 1.82) is 0 Å². The third-order valence-corrected chi connectivity index (χ3v) is 5.38. The summed E-state index contributed by atoms with van der Waals surface area (Å²) in [6, 6.07) is 18.5. The predicted octanol–water partition coefficient (Wildman–Crippen LogP) is 3.05. The molecule has 1 heterocycles. The zero-order chi connectivity index (χ0) is 21.5. The third kappa shape index (κ3) is 5.14. The van der Waals surface area contributed by atoms with Gasteiger partial charge >= 0.3 is 0 Å². The van der Waals surface area contributed by atoms with Gasteiger partial charge < -0.3 is 10.0 Å². The van der Waals surface area contributed by atoms with Gasteiger partial charge in [0.25, 0.3) is 5.91 Å². The van der Waals surface area contributed by atoms with Gasteiger partial charge in [0.15, 0.2) is 11.4 Å². The summed E-state index contributed by atoms with van der Waals surface area (Å²) in [7, 11) is 2.72. The van der Waals surface area contributed by atoms with Gasteiger partial charge in [0.1, 0.15) is 0 Å². The normalized spacial score (nSPS) is 11.8. The first-order chi connectivity index (χ1) is 14.5. The molecule has 1 amide bonds. The summed E-state index contributed by atoms with van der Waals surface area (Å²) >= 11 is 0. The Balaban J connectivity index is 1.87. The second-order valence-electron chi connectivity index (χ2n) is 7.17. The van der Waals surface area contributed by atoms with Crippen LogP contribution in [0.3, 0.4) is 0 Å². The fraction of sp³-hybridized carbons (Fsp3) is 0.261. The summed E-state index contributed by atoms with van der Waals surface area (Å²) in [5, 5.41) is 17.3. The monoisotopic (exact) mass is 423 g/mol. The molecule has 0 radical (unpaired) electrons. The van der Waals surface area contributed by atoms with E-state index in [1.165, 1.54) is 11.1 Å². The van der Waals surface area contributed by atoms with Gasteiger partial charge in [-0.15, -0.1) is 9.24 Å². The van der Waals surface area contributed by atoms with E-state index < -0.39 is 17.1 Å². The molecule has 2 N–H and O–H groups in total. The van der Waals surface area contributed by atoms with Gasteiger partial charge in [-0.25, -0.2) is 0 Å². The zero-order valence-electron chi connectivity index (χ0n) is 16.9. The molecule has 3 aromatic rings. The maximum Gasteiger partial charge on any atom is 0.275 e. The van der Waals surface area contributed by atoms with Crippen molar-refractivity contribution in [3.05, 3.63) is 87.8 Å². The van der Waals surface area contributed by atoms with Crippen LogP contribution in [-0.2, 0) is 0 Å². The molecule has 0 spiro atoms. The van der Waals surface area contributed by atoms with Gasteiger partial charge in [-0.2, -0.15) is 5.10 Å². The molecular weight excluding hydrogens is 397 g/mol. The molecular formula is C23H26N3O3P. The van der Waals surface area contributed by atoms with Crippen LogP contribution >= 0.6 is 9.24 Å². The molecule has 0 aliphatic rings. The number of carbonyl (C=O) groups excluding carboxylic acids is 1. The predicted molar refractivity (Wildman–Crippen MR) is 121 cm³/mol. The van der Waals surface area contributed by atoms with E-state index in [4.69, 9.17) is 0 Å². The highest BCUT2D eigenvalue weighted by Gasteiger charge is 2.23. The van der Waals surface area contributed by atoms with Crippen molar-refractivity contribution in [1.82, 2.24) is 15.1 Å². The smallest absolute Gasteiger partial charge is 0.275 e. The summed E-state index contributed by atoms with van der Waals surface area (Å²) in [6.07, 6.45) is 2.42. The first-order valence-electron chi connectivity index (χ1n) is 9.97. The standard InChI is InChI=1S/C23H26N3O3P/c1-2-12-26(23(29)21-22(28)20(27)15-24-25-21)13-11-19(16-7-4-3-5-8-16)17-9-6-10-18(30)14-17/h3-10,14-15,19H,2,11-13,30H2,1H3,(H,24,28)(H,25,27). The summed E-state index contributed by atoms with van der Waals surface area (Å²) in [5.74, 6) is -0.905. The van der Waals surface area contributed by atoms with Gasteiger partial charge in [-0.1, -0.05) is 61.5 Å². The number of aromatic nitrogens is 2. The van der Waals surface area contributed by atoms with E-state index in [1.54, 1.807) is 4.90 Å². The fourth-order valence-corrected chi connectivity index (χ4v) is 3.86. The van der Waals surface area contributed by atoms with Gasteiger partial charge in [0.05, 0.1) is 6.20 Å². The number of nitrogens with one attached hydrogen (secondary N) is 1. The van der Waals surface area contributed by atoms with Crippen molar-refractivity contribution < 1.29 is 9.90 Å². The van der Waals surface area contributed by atoms with Crippen LogP contribution in [0, 0.1) is 0 Å². The molecule has 6 nitrogen and oxygen atoms in total. The van der Waals surface area contributed by atoms with E-state index in [2.05, 4.69) is 43.7 Å². The number of nitrogens with zero attached hydrogens (tertiary/aromatic N) is 2. The summed E-state index contributed by atoms with van der Waals surface area (Å²) in [5.41, 5.74) is 1.51. The summed E-state index contributed by atoms with van der Waals surface area (Å²) < 4.78 is 0. The number of aromatic amines is 1. The molecule has 30 heavy (non-hydrogen) atoms. The number of hydrogen-bond acceptors (Lipinski definition) is 4. The Hall–Kier alpha value is -2.98. The van der Waals surface area contributed by atoms with Gasteiger partial charge in [-0.3, -0.25) is 14.7 Å². The molecule has 3 rings (SSSR count). The van der Waals surface area contributed by atoms with E-state index >= 15 is 0 Å². The average molecular weight is 423 g/mol. The Labute approximate surface area is 178 Å². The minimum Gasteiger partial charge on any atom is -0.502 e. The molecule has 1 aromatic heterocycles. The highest BCUT2D eigenvalue weighted by molar-refractivity contribution is 7.27. The number of aromatic hydroxyl groups is 1. The highest BCUT2D eigenvalue weighted by atomic mass is 31.0. The van der Waals surface area contributed by atoms with E-state index in [1.807, 2.05) is 37.3 Å². The first-order valence-corrected chi connectivity index (χ1v) is 10.5. The Morgan fingerprint density at radius 1 is 1.13 bits per heavy atom. The number of benzene rings is 2. The molecule has 0 saturated carbocycles. The topological polar surface area (TPSA) is 86.3 Å². The van der Waals surface area contributed by atoms with Crippen LogP contribution in [-0.4, -0.2) is 39.2 Å². The summed E-state index contributed by atoms with van der Waals surface area (Å²) in [6.45, 7) is 2.97. The second kappa shape index (κ2) is 10.2. The van der Waals surface area contributed by atoms with Crippen molar-refractivity contribution in [2.75, 3.05) is 13.1 Å². The van der Waals surface area contributed by atoms with E-state index in [0.29, 0.717) is 19.5 Å². The van der Waals surface area contributed by atoms with Crippen molar-refractivity contribution in [2.45, 2.75) is 25.7 Å². The van der Waals surface area contributed by atoms with E-state index in [-0.39, 0.29) is 11.6 Å². The number of H-pyrrole nitrogens is 1. The Morgan fingerprint density at radius 2 is 1.87 bits per heavy atom. The number of hydrogen-bond donors (Lipinski definition) is 2. The lowest BCUT2D eigenvalue weighted by Crippen LogP contribution is -2.35. The molecule has 7 heteroatoms. The SMILES string of the molecule is CCCN(CCC(c1ccccc1)c1cccc(P)c1)C(=O)c1[nH]ncc(=O)c1O. The minimum atomic E-state index is -0.673. The van der Waals surface area contributed by atoms with Crippen LogP contribution in [0.4, 0.5) is 0 Å². The van der Waals surface area contributed by atoms with Crippen LogP contribution in [0.1, 0.15) is 47.3 Å². The van der Waals surface area contributed by atoms with Crippen LogP contribution in [0.25, 0.3) is 0 Å². The highest BCUT2D eigenvalue weighted by Crippen LogP contribution is 2.28. The van der Waals surface area contributed by atoms with E-state index in [9.17, 15) is 14.7 Å². The Morgan fingerprint density at radius 3 is 2.57 bits per heavy atom. The molecule has 0 bridgehead atoms. The van der Waals surface area contributed by atoms with Crippen molar-refractivity contribution in [3.8, 4) is 5.75 Å². The third-order valence-electron chi connectivity index (χ3n) is 5.03. The first kappa shape index (κ1) is 21.7. The lowest BCUT2D eigenvalue weighted by molar-refractivity contribution is 0.0741. The van der Waals surface area contributed by atoms with Gasteiger partial charge in [-0.05, 0) is 29.3 Å². The molecule has 2 atom stereocenters. The van der Waals surface area contributed by atoms with Crippen molar-refractivity contribution >= 4 is 20.5 Å². The molecule has 2 aromatic carbocycles. The maximum atomic E-state index is 13.0. The largest absolute Gasteiger partial charge is 0.502 e. The average Bonchev–Trinajstić information content (AvgIpc) is 2.75. The van der Waals surface area contributed by atoms with Gasteiger partial charge in [0, 0.05) is 19.0 Å². The number of carbonyl (C=O) groups is 1. The molecule has 0 aliphatic heterocycles. The molecule has 2 unspecified atom stereocenters. The van der Waals surface area contributed by atoms with Crippen molar-refractivity contribution in [3.63, 3.8) is 0 Å². The molecule has 0 aliphatic carbocycles. The molecule has 0 fully saturated rings. The summed E-state index contributed by atoms with van der Waals surface area (Å²) in [4.78, 5) is 26.3.